The summed E-state index contributed by atoms with van der Waals surface area (Å²) in [6, 6.07) is 17.3. The summed E-state index contributed by atoms with van der Waals surface area (Å²) in [7, 11) is 0. The van der Waals surface area contributed by atoms with E-state index in [1.54, 1.807) is 28.8 Å². The number of rotatable bonds is 7. The molecule has 37 heavy (non-hydrogen) atoms. The molecule has 2 aromatic carbocycles. The molecule has 0 saturated carbocycles. The number of amides is 1. The minimum absolute atomic E-state index is 0.103. The zero-order valence-electron chi connectivity index (χ0n) is 20.6. The van der Waals surface area contributed by atoms with Crippen molar-refractivity contribution in [3.8, 4) is 0 Å². The molecule has 0 unspecified atom stereocenters. The molecule has 1 aliphatic heterocycles. The zero-order chi connectivity index (χ0) is 25.9. The van der Waals surface area contributed by atoms with Crippen molar-refractivity contribution in [3.05, 3.63) is 100.0 Å². The minimum atomic E-state index is -1.39. The van der Waals surface area contributed by atoms with Gasteiger partial charge in [0.05, 0.1) is 16.3 Å². The van der Waals surface area contributed by atoms with Gasteiger partial charge in [-0.3, -0.25) is 14.0 Å². The monoisotopic (exact) mass is 518 g/mol. The lowest BCUT2D eigenvalue weighted by atomic mass is 9.89. The van der Waals surface area contributed by atoms with Crippen LogP contribution >= 0.6 is 11.6 Å². The summed E-state index contributed by atoms with van der Waals surface area (Å²) in [5.41, 5.74) is 5.37. The first-order valence-electron chi connectivity index (χ1n) is 12.5. The molecule has 6 nitrogen and oxygen atoms in total. The maximum atomic E-state index is 13.0. The van der Waals surface area contributed by atoms with Crippen molar-refractivity contribution in [3.63, 3.8) is 0 Å². The Bertz CT molecular complexity index is 1430. The number of aryl methyl sites for hydroxylation is 1. The Morgan fingerprint density at radius 2 is 1.73 bits per heavy atom. The summed E-state index contributed by atoms with van der Waals surface area (Å²) >= 11 is 6.15. The van der Waals surface area contributed by atoms with E-state index < -0.39 is 6.04 Å². The molecular formula is C29H28ClFN4O2. The Kier molecular flexibility index (Phi) is 7.24. The summed E-state index contributed by atoms with van der Waals surface area (Å²) in [5, 5.41) is 3.57. The number of carbonyl (C=O) groups excluding carboxylic acids is 2. The van der Waals surface area contributed by atoms with Gasteiger partial charge in [-0.2, -0.15) is 4.39 Å². The van der Waals surface area contributed by atoms with E-state index in [4.69, 9.17) is 11.6 Å². The molecule has 0 radical (unpaired) electrons. The highest BCUT2D eigenvalue weighted by molar-refractivity contribution is 6.30. The van der Waals surface area contributed by atoms with Gasteiger partial charge in [0, 0.05) is 31.5 Å². The Morgan fingerprint density at radius 1 is 1.03 bits per heavy atom. The van der Waals surface area contributed by atoms with Crippen LogP contribution in [0.5, 0.6) is 0 Å². The molecular weight excluding hydrogens is 491 g/mol. The fourth-order valence-corrected chi connectivity index (χ4v) is 5.16. The lowest BCUT2D eigenvalue weighted by Gasteiger charge is -2.34. The van der Waals surface area contributed by atoms with Crippen molar-refractivity contribution in [1.29, 1.82) is 0 Å². The van der Waals surface area contributed by atoms with E-state index in [1.165, 1.54) is 0 Å². The number of nitrogens with zero attached hydrogens (tertiary/aromatic N) is 3. The summed E-state index contributed by atoms with van der Waals surface area (Å²) in [5.74, 6) is 0.221. The SMILES string of the molecule is CCc1nc2ccc(Cl)cn2c1C(=O)NCc1ccc(N2CCC(c3ccc(C(=O)F)cc3)CC2)cc1. The average molecular weight is 519 g/mol. The number of hydrogen-bond donors (Lipinski definition) is 1. The van der Waals surface area contributed by atoms with E-state index in [9.17, 15) is 14.0 Å². The van der Waals surface area contributed by atoms with Gasteiger partial charge < -0.3 is 10.2 Å². The predicted octanol–water partition coefficient (Wildman–Crippen LogP) is 5.97. The van der Waals surface area contributed by atoms with Gasteiger partial charge in [-0.1, -0.05) is 42.8 Å². The van der Waals surface area contributed by atoms with Crippen LogP contribution in [0.1, 0.15) is 63.4 Å². The molecule has 1 aliphatic rings. The largest absolute Gasteiger partial charge is 0.371 e. The second-order valence-electron chi connectivity index (χ2n) is 9.34. The van der Waals surface area contributed by atoms with Crippen LogP contribution in [-0.4, -0.2) is 34.4 Å². The third kappa shape index (κ3) is 5.37. The number of halogens is 2. The Hall–Kier alpha value is -3.71. The Morgan fingerprint density at radius 3 is 2.38 bits per heavy atom. The first-order chi connectivity index (χ1) is 17.9. The van der Waals surface area contributed by atoms with Gasteiger partial charge in [0.1, 0.15) is 11.3 Å². The standard InChI is InChI=1S/C29H28ClFN4O2/c1-2-25-27(35-18-23(30)9-12-26(35)33-25)29(37)32-17-19-3-10-24(11-4-19)34-15-13-21(14-16-34)20-5-7-22(8-6-20)28(31)36/h3-12,18,21H,2,13-17H2,1H3,(H,32,37). The van der Waals surface area contributed by atoms with Gasteiger partial charge in [-0.15, -0.1) is 0 Å². The zero-order valence-corrected chi connectivity index (χ0v) is 21.3. The van der Waals surface area contributed by atoms with Crippen molar-refractivity contribution in [2.75, 3.05) is 18.0 Å². The number of benzene rings is 2. The van der Waals surface area contributed by atoms with E-state index in [0.29, 0.717) is 35.2 Å². The average Bonchev–Trinajstić information content (AvgIpc) is 3.30. The highest BCUT2D eigenvalue weighted by Crippen LogP contribution is 2.31. The number of piperidine rings is 1. The van der Waals surface area contributed by atoms with Gasteiger partial charge in [0.25, 0.3) is 5.91 Å². The fraction of sp³-hybridized carbons (Fsp3) is 0.276. The molecule has 1 N–H and O–H groups in total. The van der Waals surface area contributed by atoms with E-state index in [1.807, 2.05) is 37.3 Å². The number of carbonyl (C=O) groups is 2. The van der Waals surface area contributed by atoms with Crippen molar-refractivity contribution < 1.29 is 14.0 Å². The van der Waals surface area contributed by atoms with E-state index in [-0.39, 0.29) is 11.5 Å². The summed E-state index contributed by atoms with van der Waals surface area (Å²) in [4.78, 5) is 30.8. The number of aromatic nitrogens is 2. The second kappa shape index (κ2) is 10.7. The van der Waals surface area contributed by atoms with Crippen LogP contribution in [0.4, 0.5) is 10.1 Å². The highest BCUT2D eigenvalue weighted by Gasteiger charge is 2.22. The Balaban J connectivity index is 1.18. The number of imidazole rings is 1. The smallest absolute Gasteiger partial charge is 0.332 e. The van der Waals surface area contributed by atoms with Gasteiger partial charge in [0.15, 0.2) is 0 Å². The second-order valence-corrected chi connectivity index (χ2v) is 9.78. The van der Waals surface area contributed by atoms with Crippen LogP contribution in [0.2, 0.25) is 5.02 Å². The molecule has 5 rings (SSSR count). The van der Waals surface area contributed by atoms with Gasteiger partial charge in [-0.05, 0) is 72.7 Å². The van der Waals surface area contributed by atoms with Crippen LogP contribution < -0.4 is 10.2 Å². The van der Waals surface area contributed by atoms with Crippen LogP contribution in [0, 0.1) is 0 Å². The number of nitrogens with one attached hydrogen (secondary N) is 1. The van der Waals surface area contributed by atoms with Gasteiger partial charge in [-0.25, -0.2) is 4.98 Å². The number of hydrogen-bond acceptors (Lipinski definition) is 4. The lowest BCUT2D eigenvalue weighted by molar-refractivity contribution is 0.0835. The van der Waals surface area contributed by atoms with E-state index in [2.05, 4.69) is 27.3 Å². The number of anilines is 1. The van der Waals surface area contributed by atoms with Crippen molar-refractivity contribution in [2.24, 2.45) is 0 Å². The maximum Gasteiger partial charge on any atom is 0.332 e. The quantitative estimate of drug-likeness (QED) is 0.306. The summed E-state index contributed by atoms with van der Waals surface area (Å²) in [6.07, 6.45) is 4.35. The lowest BCUT2D eigenvalue weighted by Crippen LogP contribution is -2.32. The van der Waals surface area contributed by atoms with Crippen molar-refractivity contribution >= 4 is 34.9 Å². The molecule has 0 aliphatic carbocycles. The first kappa shape index (κ1) is 25.0. The number of fused-ring (bicyclic) bond motifs is 1. The molecule has 8 heteroatoms. The van der Waals surface area contributed by atoms with E-state index >= 15 is 0 Å². The number of pyridine rings is 1. The minimum Gasteiger partial charge on any atom is -0.371 e. The molecule has 1 fully saturated rings. The summed E-state index contributed by atoms with van der Waals surface area (Å²) < 4.78 is 14.6. The molecule has 3 heterocycles. The normalized spacial score (nSPS) is 14.2. The molecule has 4 aromatic rings. The van der Waals surface area contributed by atoms with Crippen LogP contribution in [0.15, 0.2) is 66.9 Å². The third-order valence-electron chi connectivity index (χ3n) is 7.06. The topological polar surface area (TPSA) is 66.7 Å². The van der Waals surface area contributed by atoms with Crippen molar-refractivity contribution in [2.45, 2.75) is 38.6 Å². The molecule has 1 amide bonds. The Labute approximate surface area is 220 Å². The highest BCUT2D eigenvalue weighted by atomic mass is 35.5. The molecule has 190 valence electrons. The molecule has 1 saturated heterocycles. The molecule has 0 atom stereocenters. The fourth-order valence-electron chi connectivity index (χ4n) is 5.00. The summed E-state index contributed by atoms with van der Waals surface area (Å²) in [6.45, 7) is 4.23. The maximum absolute atomic E-state index is 13.0. The molecule has 2 aromatic heterocycles. The van der Waals surface area contributed by atoms with Gasteiger partial charge in [0.2, 0.25) is 0 Å². The van der Waals surface area contributed by atoms with Crippen LogP contribution in [0.25, 0.3) is 5.65 Å². The van der Waals surface area contributed by atoms with Crippen LogP contribution in [0.3, 0.4) is 0 Å². The van der Waals surface area contributed by atoms with Crippen LogP contribution in [-0.2, 0) is 13.0 Å². The third-order valence-corrected chi connectivity index (χ3v) is 7.29. The van der Waals surface area contributed by atoms with E-state index in [0.717, 1.165) is 48.4 Å². The first-order valence-corrected chi connectivity index (χ1v) is 12.9. The molecule has 0 bridgehead atoms. The predicted molar refractivity (Wildman–Crippen MR) is 143 cm³/mol. The van der Waals surface area contributed by atoms with Gasteiger partial charge >= 0.3 is 6.04 Å². The molecule has 0 spiro atoms. The van der Waals surface area contributed by atoms with Crippen molar-refractivity contribution in [1.82, 2.24) is 14.7 Å².